The van der Waals surface area contributed by atoms with Crippen LogP contribution < -0.4 is 15.2 Å². The maximum atomic E-state index is 6.25. The molecule has 0 aliphatic carbocycles. The molecule has 0 bridgehead atoms. The van der Waals surface area contributed by atoms with Crippen molar-refractivity contribution in [1.82, 2.24) is 4.90 Å². The molecule has 0 spiro atoms. The standard InChI is InChI=1S/C19H29N3O2.HI/c1-19(2,14-21-18(20)22-9-5-3-4-6-10-22)15-7-8-16-17(13-15)24-12-11-23-16;/h7-8,13H,3-6,9-12,14H2,1-2H3,(H2,20,21);1H. The fourth-order valence-corrected chi connectivity index (χ4v) is 3.23. The van der Waals surface area contributed by atoms with Crippen molar-refractivity contribution >= 4 is 29.9 Å². The van der Waals surface area contributed by atoms with E-state index in [4.69, 9.17) is 20.2 Å². The van der Waals surface area contributed by atoms with Gasteiger partial charge in [0.05, 0.1) is 6.54 Å². The molecule has 2 N–H and O–H groups in total. The Balaban J connectivity index is 0.00000225. The van der Waals surface area contributed by atoms with Crippen LogP contribution in [0.1, 0.15) is 45.1 Å². The Labute approximate surface area is 168 Å². The zero-order valence-corrected chi connectivity index (χ0v) is 17.6. The second kappa shape index (κ2) is 8.96. The van der Waals surface area contributed by atoms with Gasteiger partial charge in [0, 0.05) is 18.5 Å². The summed E-state index contributed by atoms with van der Waals surface area (Å²) in [7, 11) is 0. The maximum Gasteiger partial charge on any atom is 0.191 e. The lowest BCUT2D eigenvalue weighted by atomic mass is 9.84. The van der Waals surface area contributed by atoms with E-state index in [9.17, 15) is 0 Å². The largest absolute Gasteiger partial charge is 0.486 e. The molecule has 2 heterocycles. The fourth-order valence-electron chi connectivity index (χ4n) is 3.23. The first-order valence-electron chi connectivity index (χ1n) is 9.01. The van der Waals surface area contributed by atoms with Crippen LogP contribution in [0.25, 0.3) is 0 Å². The minimum absolute atomic E-state index is 0. The van der Waals surface area contributed by atoms with Crippen LogP contribution in [0, 0.1) is 0 Å². The molecule has 0 amide bonds. The van der Waals surface area contributed by atoms with E-state index in [2.05, 4.69) is 30.9 Å². The molecule has 0 aromatic heterocycles. The van der Waals surface area contributed by atoms with Crippen molar-refractivity contribution in [2.24, 2.45) is 10.7 Å². The number of nitrogens with zero attached hydrogens (tertiary/aromatic N) is 2. The zero-order chi connectivity index (χ0) is 17.0. The fraction of sp³-hybridized carbons (Fsp3) is 0.632. The van der Waals surface area contributed by atoms with Gasteiger partial charge < -0.3 is 20.1 Å². The summed E-state index contributed by atoms with van der Waals surface area (Å²) >= 11 is 0. The van der Waals surface area contributed by atoms with E-state index < -0.39 is 0 Å². The van der Waals surface area contributed by atoms with E-state index in [1.165, 1.54) is 31.2 Å². The summed E-state index contributed by atoms with van der Waals surface area (Å²) in [4.78, 5) is 6.93. The van der Waals surface area contributed by atoms with Gasteiger partial charge in [-0.1, -0.05) is 32.8 Å². The smallest absolute Gasteiger partial charge is 0.191 e. The normalized spacial score (nSPS) is 18.3. The summed E-state index contributed by atoms with van der Waals surface area (Å²) in [6.07, 6.45) is 5.02. The zero-order valence-electron chi connectivity index (χ0n) is 15.3. The first kappa shape index (κ1) is 20.1. The Bertz CT molecular complexity index is 596. The first-order valence-corrected chi connectivity index (χ1v) is 9.01. The molecular formula is C19H30IN3O2. The summed E-state index contributed by atoms with van der Waals surface area (Å²) in [6, 6.07) is 6.17. The van der Waals surface area contributed by atoms with E-state index in [1.54, 1.807) is 0 Å². The lowest BCUT2D eigenvalue weighted by Gasteiger charge is -2.27. The van der Waals surface area contributed by atoms with Crippen LogP contribution in [0.2, 0.25) is 0 Å². The van der Waals surface area contributed by atoms with Crippen LogP contribution in [0.3, 0.4) is 0 Å². The lowest BCUT2D eigenvalue weighted by molar-refractivity contribution is 0.171. The van der Waals surface area contributed by atoms with Crippen molar-refractivity contribution in [3.05, 3.63) is 23.8 Å². The van der Waals surface area contributed by atoms with Gasteiger partial charge in [-0.3, -0.25) is 4.99 Å². The Morgan fingerprint density at radius 1 is 1.08 bits per heavy atom. The number of guanidine groups is 1. The number of ether oxygens (including phenoxy) is 2. The van der Waals surface area contributed by atoms with Gasteiger partial charge in [0.15, 0.2) is 17.5 Å². The molecule has 1 aromatic rings. The maximum absolute atomic E-state index is 6.25. The number of benzene rings is 1. The number of aliphatic imine (C=N–C) groups is 1. The third-order valence-corrected chi connectivity index (χ3v) is 4.89. The highest BCUT2D eigenvalue weighted by Crippen LogP contribution is 2.35. The van der Waals surface area contributed by atoms with Crippen molar-refractivity contribution in [2.75, 3.05) is 32.8 Å². The SMILES string of the molecule is CC(C)(CN=C(N)N1CCCCCC1)c1ccc2c(c1)OCCO2.I. The van der Waals surface area contributed by atoms with E-state index >= 15 is 0 Å². The van der Waals surface area contributed by atoms with Gasteiger partial charge in [-0.25, -0.2) is 0 Å². The average molecular weight is 459 g/mol. The Kier molecular flexibility index (Phi) is 7.22. The van der Waals surface area contributed by atoms with Crippen molar-refractivity contribution in [3.8, 4) is 11.5 Å². The van der Waals surface area contributed by atoms with E-state index in [0.29, 0.717) is 25.7 Å². The molecule has 140 valence electrons. The highest BCUT2D eigenvalue weighted by molar-refractivity contribution is 14.0. The summed E-state index contributed by atoms with van der Waals surface area (Å²) < 4.78 is 11.3. The molecule has 25 heavy (non-hydrogen) atoms. The molecule has 3 rings (SSSR count). The van der Waals surface area contributed by atoms with Crippen LogP contribution in [-0.4, -0.2) is 43.7 Å². The third-order valence-electron chi connectivity index (χ3n) is 4.89. The highest BCUT2D eigenvalue weighted by Gasteiger charge is 2.24. The molecule has 1 fully saturated rings. The molecule has 1 aromatic carbocycles. The van der Waals surface area contributed by atoms with Gasteiger partial charge in [0.2, 0.25) is 0 Å². The van der Waals surface area contributed by atoms with Crippen molar-refractivity contribution in [1.29, 1.82) is 0 Å². The summed E-state index contributed by atoms with van der Waals surface area (Å²) in [5.74, 6) is 2.34. The van der Waals surface area contributed by atoms with E-state index in [0.717, 1.165) is 24.6 Å². The molecule has 5 nitrogen and oxygen atoms in total. The number of rotatable bonds is 3. The van der Waals surface area contributed by atoms with E-state index in [1.807, 2.05) is 6.07 Å². The van der Waals surface area contributed by atoms with Gasteiger partial charge in [0.25, 0.3) is 0 Å². The quantitative estimate of drug-likeness (QED) is 0.427. The topological polar surface area (TPSA) is 60.1 Å². The number of hydrogen-bond donors (Lipinski definition) is 1. The van der Waals surface area contributed by atoms with Crippen LogP contribution in [0.4, 0.5) is 0 Å². The molecular weight excluding hydrogens is 429 g/mol. The second-order valence-corrected chi connectivity index (χ2v) is 7.32. The third kappa shape index (κ3) is 5.15. The minimum atomic E-state index is -0.105. The molecule has 0 atom stereocenters. The lowest BCUT2D eigenvalue weighted by Crippen LogP contribution is -2.39. The van der Waals surface area contributed by atoms with Crippen molar-refractivity contribution in [3.63, 3.8) is 0 Å². The van der Waals surface area contributed by atoms with Gasteiger partial charge >= 0.3 is 0 Å². The van der Waals surface area contributed by atoms with Crippen LogP contribution in [0.15, 0.2) is 23.2 Å². The summed E-state index contributed by atoms with van der Waals surface area (Å²) in [5.41, 5.74) is 7.33. The molecule has 0 saturated carbocycles. The molecule has 2 aliphatic heterocycles. The predicted octanol–water partition coefficient (Wildman–Crippen LogP) is 3.54. The monoisotopic (exact) mass is 459 g/mol. The second-order valence-electron chi connectivity index (χ2n) is 7.32. The first-order chi connectivity index (χ1) is 11.6. The van der Waals surface area contributed by atoms with Crippen LogP contribution in [0.5, 0.6) is 11.5 Å². The number of halogens is 1. The molecule has 0 radical (unpaired) electrons. The number of nitrogens with two attached hydrogens (primary N) is 1. The minimum Gasteiger partial charge on any atom is -0.486 e. The summed E-state index contributed by atoms with van der Waals surface area (Å²) in [5, 5.41) is 0. The molecule has 2 aliphatic rings. The van der Waals surface area contributed by atoms with Crippen LogP contribution in [-0.2, 0) is 5.41 Å². The summed E-state index contributed by atoms with van der Waals surface area (Å²) in [6.45, 7) is 8.33. The van der Waals surface area contributed by atoms with Gasteiger partial charge in [-0.05, 0) is 30.5 Å². The number of fused-ring (bicyclic) bond motifs is 1. The molecule has 1 saturated heterocycles. The number of likely N-dealkylation sites (tertiary alicyclic amines) is 1. The number of hydrogen-bond acceptors (Lipinski definition) is 3. The highest BCUT2D eigenvalue weighted by atomic mass is 127. The van der Waals surface area contributed by atoms with Gasteiger partial charge in [-0.15, -0.1) is 24.0 Å². The molecule has 0 unspecified atom stereocenters. The van der Waals surface area contributed by atoms with Crippen molar-refractivity contribution < 1.29 is 9.47 Å². The Morgan fingerprint density at radius 3 is 2.40 bits per heavy atom. The Morgan fingerprint density at radius 2 is 1.72 bits per heavy atom. The van der Waals surface area contributed by atoms with Gasteiger partial charge in [0.1, 0.15) is 13.2 Å². The van der Waals surface area contributed by atoms with Gasteiger partial charge in [-0.2, -0.15) is 0 Å². The van der Waals surface area contributed by atoms with E-state index in [-0.39, 0.29) is 29.4 Å². The average Bonchev–Trinajstić information content (AvgIpc) is 2.89. The van der Waals surface area contributed by atoms with Crippen LogP contribution >= 0.6 is 24.0 Å². The molecule has 6 heteroatoms. The predicted molar refractivity (Wildman–Crippen MR) is 112 cm³/mol. The van der Waals surface area contributed by atoms with Crippen molar-refractivity contribution in [2.45, 2.75) is 44.9 Å². The Hall–Kier alpha value is -1.18.